The highest BCUT2D eigenvalue weighted by atomic mass is 35.5. The number of ether oxygens (including phenoxy) is 1. The monoisotopic (exact) mass is 412 g/mol. The van der Waals surface area contributed by atoms with E-state index >= 15 is 0 Å². The van der Waals surface area contributed by atoms with Crippen LogP contribution in [-0.2, 0) is 14.3 Å². The first-order chi connectivity index (χ1) is 14.1. The van der Waals surface area contributed by atoms with Crippen LogP contribution in [0.5, 0.6) is 0 Å². The Hall–Kier alpha value is -2.90. The molecule has 1 aromatic heterocycles. The number of nitrogens with one attached hydrogen (secondary N) is 1. The van der Waals surface area contributed by atoms with E-state index in [-0.39, 0.29) is 18.2 Å². The molecule has 7 nitrogen and oxygen atoms in total. The molecule has 1 atom stereocenters. The Morgan fingerprint density at radius 2 is 2.07 bits per heavy atom. The van der Waals surface area contributed by atoms with E-state index < -0.39 is 6.04 Å². The Morgan fingerprint density at radius 1 is 1.24 bits per heavy atom. The van der Waals surface area contributed by atoms with Crippen molar-refractivity contribution in [3.8, 4) is 0 Å². The zero-order valence-electron chi connectivity index (χ0n) is 16.0. The zero-order valence-corrected chi connectivity index (χ0v) is 16.7. The minimum atomic E-state index is -0.640. The van der Waals surface area contributed by atoms with E-state index in [2.05, 4.69) is 10.3 Å². The number of carbonyl (C=O) groups excluding carboxylic acids is 2. The molecular weight excluding hydrogens is 392 g/mol. The molecule has 2 heterocycles. The molecule has 1 N–H and O–H groups in total. The molecule has 2 aromatic carbocycles. The number of fused-ring (bicyclic) bond motifs is 3. The van der Waals surface area contributed by atoms with Crippen molar-refractivity contribution >= 4 is 46.1 Å². The molecule has 1 unspecified atom stereocenters. The van der Waals surface area contributed by atoms with E-state index in [1.807, 2.05) is 28.8 Å². The Balaban J connectivity index is 1.61. The summed E-state index contributed by atoms with van der Waals surface area (Å²) < 4.78 is 6.97. The molecule has 150 valence electrons. The highest BCUT2D eigenvalue weighted by molar-refractivity contribution is 6.30. The summed E-state index contributed by atoms with van der Waals surface area (Å²) in [6, 6.07) is 13.9. The Kier molecular flexibility index (Phi) is 5.51. The molecule has 29 heavy (non-hydrogen) atoms. The summed E-state index contributed by atoms with van der Waals surface area (Å²) in [6.07, 6.45) is 0.701. The maximum atomic E-state index is 13.1. The highest BCUT2D eigenvalue weighted by Gasteiger charge is 2.40. The third kappa shape index (κ3) is 3.83. The number of para-hydroxylation sites is 2. The van der Waals surface area contributed by atoms with Gasteiger partial charge in [-0.25, -0.2) is 4.98 Å². The summed E-state index contributed by atoms with van der Waals surface area (Å²) in [5, 5.41) is 3.35. The topological polar surface area (TPSA) is 76.5 Å². The second-order valence-electron chi connectivity index (χ2n) is 6.89. The smallest absolute Gasteiger partial charge is 0.253 e. The lowest BCUT2D eigenvalue weighted by molar-refractivity contribution is -0.124. The van der Waals surface area contributed by atoms with Gasteiger partial charge in [-0.3, -0.25) is 19.1 Å². The molecule has 0 saturated carbocycles. The number of nitrogens with zero attached hydrogens (tertiary/aromatic N) is 3. The van der Waals surface area contributed by atoms with Gasteiger partial charge in [-0.05, 0) is 36.8 Å². The van der Waals surface area contributed by atoms with Gasteiger partial charge in [-0.1, -0.05) is 29.8 Å². The van der Waals surface area contributed by atoms with Gasteiger partial charge in [0.15, 0.2) is 0 Å². The number of methoxy groups -OCH3 is 1. The number of hydrogen-bond acceptors (Lipinski definition) is 4. The summed E-state index contributed by atoms with van der Waals surface area (Å²) in [5.41, 5.74) is 2.23. The van der Waals surface area contributed by atoms with Gasteiger partial charge in [0.05, 0.1) is 17.5 Å². The summed E-state index contributed by atoms with van der Waals surface area (Å²) in [5.74, 6) is 0.191. The maximum absolute atomic E-state index is 13.1. The fourth-order valence-electron chi connectivity index (χ4n) is 3.63. The number of carbonyl (C=O) groups is 2. The fraction of sp³-hybridized carbons (Fsp3) is 0.286. The average Bonchev–Trinajstić information content (AvgIpc) is 3.18. The van der Waals surface area contributed by atoms with Crippen LogP contribution in [0.1, 0.15) is 18.9 Å². The lowest BCUT2D eigenvalue weighted by Gasteiger charge is -2.15. The molecule has 8 heteroatoms. The second-order valence-corrected chi connectivity index (χ2v) is 7.32. The van der Waals surface area contributed by atoms with Crippen molar-refractivity contribution in [3.63, 3.8) is 0 Å². The van der Waals surface area contributed by atoms with Gasteiger partial charge >= 0.3 is 0 Å². The van der Waals surface area contributed by atoms with Crippen LogP contribution in [0, 0.1) is 0 Å². The SMILES string of the molecule is COCCCN1C(=O)C(CC(=O)Nc2cccc(Cl)c2)n2c1nc1ccccc12. The van der Waals surface area contributed by atoms with Crippen LogP contribution in [0.3, 0.4) is 0 Å². The first-order valence-electron chi connectivity index (χ1n) is 9.41. The van der Waals surface area contributed by atoms with Crippen LogP contribution < -0.4 is 10.2 Å². The fourth-order valence-corrected chi connectivity index (χ4v) is 3.82. The van der Waals surface area contributed by atoms with Crippen molar-refractivity contribution in [3.05, 3.63) is 53.6 Å². The van der Waals surface area contributed by atoms with Gasteiger partial charge in [0.1, 0.15) is 6.04 Å². The quantitative estimate of drug-likeness (QED) is 0.601. The van der Waals surface area contributed by atoms with Crippen LogP contribution in [-0.4, -0.2) is 41.6 Å². The lowest BCUT2D eigenvalue weighted by Crippen LogP contribution is -2.32. The predicted molar refractivity (Wildman–Crippen MR) is 112 cm³/mol. The number of rotatable bonds is 7. The number of aromatic nitrogens is 2. The molecule has 0 bridgehead atoms. The molecule has 1 aliphatic rings. The summed E-state index contributed by atoms with van der Waals surface area (Å²) >= 11 is 5.98. The van der Waals surface area contributed by atoms with E-state index in [4.69, 9.17) is 16.3 Å². The molecule has 0 radical (unpaired) electrons. The molecule has 1 aliphatic heterocycles. The van der Waals surface area contributed by atoms with Gasteiger partial charge in [0.2, 0.25) is 11.9 Å². The summed E-state index contributed by atoms with van der Waals surface area (Å²) in [6.45, 7) is 1.03. The lowest BCUT2D eigenvalue weighted by atomic mass is 10.1. The normalized spacial score (nSPS) is 15.7. The second kappa shape index (κ2) is 8.23. The van der Waals surface area contributed by atoms with Crippen molar-refractivity contribution < 1.29 is 14.3 Å². The van der Waals surface area contributed by atoms with Crippen LogP contribution in [0.25, 0.3) is 11.0 Å². The zero-order chi connectivity index (χ0) is 20.4. The third-order valence-corrected chi connectivity index (χ3v) is 5.13. The van der Waals surface area contributed by atoms with Gasteiger partial charge in [-0.2, -0.15) is 0 Å². The van der Waals surface area contributed by atoms with E-state index in [1.54, 1.807) is 36.3 Å². The van der Waals surface area contributed by atoms with Crippen LogP contribution in [0.15, 0.2) is 48.5 Å². The van der Waals surface area contributed by atoms with Crippen LogP contribution in [0.4, 0.5) is 11.6 Å². The molecule has 0 spiro atoms. The van der Waals surface area contributed by atoms with Crippen molar-refractivity contribution in [1.82, 2.24) is 9.55 Å². The first kappa shape index (κ1) is 19.4. The van der Waals surface area contributed by atoms with Gasteiger partial charge in [0.25, 0.3) is 5.91 Å². The molecule has 4 rings (SSSR count). The molecule has 0 saturated heterocycles. The minimum Gasteiger partial charge on any atom is -0.385 e. The Morgan fingerprint density at radius 3 is 2.86 bits per heavy atom. The maximum Gasteiger partial charge on any atom is 0.253 e. The van der Waals surface area contributed by atoms with E-state index in [0.717, 1.165) is 11.0 Å². The number of halogens is 1. The standard InChI is InChI=1S/C21H21ClN4O3/c1-29-11-5-10-25-20(28)18(13-19(27)23-15-7-4-6-14(22)12-15)26-17-9-3-2-8-16(17)24-21(25)26/h2-4,6-9,12,18H,5,10-11,13H2,1H3,(H,23,27). The number of imidazole rings is 1. The minimum absolute atomic E-state index is 0.0134. The summed E-state index contributed by atoms with van der Waals surface area (Å²) in [4.78, 5) is 32.1. The molecule has 0 aliphatic carbocycles. The molecule has 3 aromatic rings. The molecule has 2 amide bonds. The van der Waals surface area contributed by atoms with Crippen LogP contribution in [0.2, 0.25) is 5.02 Å². The largest absolute Gasteiger partial charge is 0.385 e. The number of anilines is 2. The van der Waals surface area contributed by atoms with E-state index in [9.17, 15) is 9.59 Å². The Bertz CT molecular complexity index is 1070. The van der Waals surface area contributed by atoms with Crippen molar-refractivity contribution in [2.24, 2.45) is 0 Å². The van der Waals surface area contributed by atoms with E-state index in [1.165, 1.54) is 0 Å². The third-order valence-electron chi connectivity index (χ3n) is 4.90. The van der Waals surface area contributed by atoms with Crippen molar-refractivity contribution in [2.75, 3.05) is 30.5 Å². The molecular formula is C21H21ClN4O3. The number of benzene rings is 2. The van der Waals surface area contributed by atoms with Crippen molar-refractivity contribution in [1.29, 1.82) is 0 Å². The van der Waals surface area contributed by atoms with Gasteiger partial charge < -0.3 is 10.1 Å². The predicted octanol–water partition coefficient (Wildman–Crippen LogP) is 3.64. The first-order valence-corrected chi connectivity index (χ1v) is 9.79. The van der Waals surface area contributed by atoms with Crippen molar-refractivity contribution in [2.45, 2.75) is 18.9 Å². The highest BCUT2D eigenvalue weighted by Crippen LogP contribution is 2.36. The van der Waals surface area contributed by atoms with E-state index in [0.29, 0.717) is 36.2 Å². The van der Waals surface area contributed by atoms with Crippen LogP contribution >= 0.6 is 11.6 Å². The van der Waals surface area contributed by atoms with Gasteiger partial charge in [-0.15, -0.1) is 0 Å². The van der Waals surface area contributed by atoms with Gasteiger partial charge in [0, 0.05) is 31.0 Å². The Labute approximate surface area is 173 Å². The molecule has 0 fully saturated rings. The number of amides is 2. The summed E-state index contributed by atoms with van der Waals surface area (Å²) in [7, 11) is 1.63. The average molecular weight is 413 g/mol. The number of hydrogen-bond donors (Lipinski definition) is 1.